The fraction of sp³-hybridized carbons (Fsp3) is 0.345. The molecular formula is C29H28F3N5OS. The number of alkyl halides is 3. The predicted molar refractivity (Wildman–Crippen MR) is 146 cm³/mol. The number of hydrogen-bond acceptors (Lipinski definition) is 7. The number of hydrogen-bond donors (Lipinski definition) is 2. The highest BCUT2D eigenvalue weighted by atomic mass is 32.1. The first-order chi connectivity index (χ1) is 18.7. The highest BCUT2D eigenvalue weighted by Crippen LogP contribution is 2.36. The molecule has 0 atom stereocenters. The van der Waals surface area contributed by atoms with Gasteiger partial charge in [0.1, 0.15) is 10.4 Å². The Labute approximate surface area is 228 Å². The minimum atomic E-state index is -4.33. The average molecular weight is 552 g/mol. The van der Waals surface area contributed by atoms with E-state index >= 15 is 0 Å². The van der Waals surface area contributed by atoms with Crippen molar-refractivity contribution in [2.75, 3.05) is 5.32 Å². The van der Waals surface area contributed by atoms with Gasteiger partial charge >= 0.3 is 6.18 Å². The molecule has 39 heavy (non-hydrogen) atoms. The third-order valence-electron chi connectivity index (χ3n) is 6.97. The molecule has 4 aromatic rings. The van der Waals surface area contributed by atoms with Gasteiger partial charge in [0.15, 0.2) is 0 Å². The van der Waals surface area contributed by atoms with Crippen LogP contribution in [0.4, 0.5) is 19.1 Å². The van der Waals surface area contributed by atoms with E-state index in [-0.39, 0.29) is 12.1 Å². The van der Waals surface area contributed by atoms with E-state index in [1.54, 1.807) is 18.2 Å². The van der Waals surface area contributed by atoms with Crippen LogP contribution in [0.2, 0.25) is 0 Å². The lowest BCUT2D eigenvalue weighted by Gasteiger charge is -2.30. The van der Waals surface area contributed by atoms with Crippen molar-refractivity contribution in [2.45, 2.75) is 64.3 Å². The smallest absolute Gasteiger partial charge is 0.416 e. The Bertz CT molecular complexity index is 1500. The number of benzene rings is 2. The van der Waals surface area contributed by atoms with Crippen LogP contribution in [0.1, 0.15) is 53.5 Å². The first-order valence-electron chi connectivity index (χ1n) is 12.8. The lowest BCUT2D eigenvalue weighted by atomic mass is 9.91. The number of fused-ring (bicyclic) bond motifs is 1. The number of thiophene rings is 1. The molecule has 10 heteroatoms. The summed E-state index contributed by atoms with van der Waals surface area (Å²) in [5, 5.41) is 18.1. The molecule has 1 fully saturated rings. The van der Waals surface area contributed by atoms with Crippen LogP contribution in [0, 0.1) is 25.2 Å². The van der Waals surface area contributed by atoms with Gasteiger partial charge < -0.3 is 15.4 Å². The Hall–Kier alpha value is -3.68. The molecule has 2 aromatic carbocycles. The summed E-state index contributed by atoms with van der Waals surface area (Å²) in [6.07, 6.45) is -0.780. The van der Waals surface area contributed by atoms with Gasteiger partial charge in [-0.2, -0.15) is 23.4 Å². The fourth-order valence-corrected chi connectivity index (χ4v) is 5.74. The maximum atomic E-state index is 13.0. The molecule has 0 unspecified atom stereocenters. The van der Waals surface area contributed by atoms with Crippen molar-refractivity contribution >= 4 is 27.5 Å². The molecule has 2 heterocycles. The van der Waals surface area contributed by atoms with Gasteiger partial charge in [-0.05, 0) is 85.9 Å². The molecule has 0 spiro atoms. The summed E-state index contributed by atoms with van der Waals surface area (Å²) >= 11 is 1.51. The SMILES string of the molecule is Cc1cc(C#N)cc(C)c1Oc1nc(NC2CCC(NCc3cccc(C(F)(F)F)c3)CC2)nc2ccsc12. The molecule has 0 radical (unpaired) electrons. The van der Waals surface area contributed by atoms with Crippen molar-refractivity contribution in [3.8, 4) is 17.7 Å². The largest absolute Gasteiger partial charge is 0.437 e. The summed E-state index contributed by atoms with van der Waals surface area (Å²) in [7, 11) is 0. The van der Waals surface area contributed by atoms with E-state index in [1.807, 2.05) is 25.3 Å². The Morgan fingerprint density at radius 2 is 1.74 bits per heavy atom. The number of aromatic nitrogens is 2. The third-order valence-corrected chi connectivity index (χ3v) is 7.86. The van der Waals surface area contributed by atoms with E-state index in [9.17, 15) is 18.4 Å². The van der Waals surface area contributed by atoms with E-state index in [0.29, 0.717) is 35.2 Å². The van der Waals surface area contributed by atoms with Crippen LogP contribution in [0.3, 0.4) is 0 Å². The van der Waals surface area contributed by atoms with E-state index in [0.717, 1.165) is 53.1 Å². The summed E-state index contributed by atoms with van der Waals surface area (Å²) in [4.78, 5) is 9.39. The molecule has 202 valence electrons. The Morgan fingerprint density at radius 1 is 1.03 bits per heavy atom. The molecule has 2 N–H and O–H groups in total. The normalized spacial score (nSPS) is 17.6. The lowest BCUT2D eigenvalue weighted by Crippen LogP contribution is -2.36. The summed E-state index contributed by atoms with van der Waals surface area (Å²) < 4.78 is 46.1. The number of nitrogens with zero attached hydrogens (tertiary/aromatic N) is 3. The van der Waals surface area contributed by atoms with Crippen molar-refractivity contribution in [3.63, 3.8) is 0 Å². The quantitative estimate of drug-likeness (QED) is 0.247. The minimum Gasteiger partial charge on any atom is -0.437 e. The molecule has 1 aliphatic rings. The maximum absolute atomic E-state index is 13.0. The monoisotopic (exact) mass is 551 g/mol. The topological polar surface area (TPSA) is 82.9 Å². The first-order valence-corrected chi connectivity index (χ1v) is 13.7. The summed E-state index contributed by atoms with van der Waals surface area (Å²) in [5.41, 5.74) is 3.12. The van der Waals surface area contributed by atoms with Gasteiger partial charge in [-0.25, -0.2) is 4.98 Å². The fourth-order valence-electron chi connectivity index (χ4n) is 4.99. The summed E-state index contributed by atoms with van der Waals surface area (Å²) in [5.74, 6) is 1.66. The van der Waals surface area contributed by atoms with Crippen LogP contribution >= 0.6 is 11.3 Å². The molecule has 1 aliphatic carbocycles. The highest BCUT2D eigenvalue weighted by molar-refractivity contribution is 7.17. The van der Waals surface area contributed by atoms with Crippen LogP contribution in [0.15, 0.2) is 47.8 Å². The van der Waals surface area contributed by atoms with Crippen LogP contribution in [-0.4, -0.2) is 22.1 Å². The minimum absolute atomic E-state index is 0.180. The predicted octanol–water partition coefficient (Wildman–Crippen LogP) is 7.50. The average Bonchev–Trinajstić information content (AvgIpc) is 3.39. The van der Waals surface area contributed by atoms with Crippen molar-refractivity contribution in [3.05, 3.63) is 75.7 Å². The Kier molecular flexibility index (Phi) is 7.73. The van der Waals surface area contributed by atoms with Gasteiger partial charge in [0.25, 0.3) is 0 Å². The lowest BCUT2D eigenvalue weighted by molar-refractivity contribution is -0.137. The highest BCUT2D eigenvalue weighted by Gasteiger charge is 2.30. The van der Waals surface area contributed by atoms with E-state index in [4.69, 9.17) is 9.72 Å². The molecule has 6 nitrogen and oxygen atoms in total. The molecule has 2 aromatic heterocycles. The van der Waals surface area contributed by atoms with E-state index in [2.05, 4.69) is 21.7 Å². The van der Waals surface area contributed by atoms with Crippen LogP contribution in [0.5, 0.6) is 11.6 Å². The summed E-state index contributed by atoms with van der Waals surface area (Å²) in [6, 6.07) is 13.6. The van der Waals surface area contributed by atoms with Gasteiger partial charge in [0.05, 0.1) is 22.7 Å². The number of anilines is 1. The summed E-state index contributed by atoms with van der Waals surface area (Å²) in [6.45, 7) is 4.23. The molecule has 0 saturated heterocycles. The van der Waals surface area contributed by atoms with E-state index < -0.39 is 11.7 Å². The number of nitriles is 1. The number of rotatable bonds is 7. The first kappa shape index (κ1) is 26.9. The van der Waals surface area contributed by atoms with Crippen molar-refractivity contribution in [1.29, 1.82) is 5.26 Å². The maximum Gasteiger partial charge on any atom is 0.416 e. The molecule has 0 aliphatic heterocycles. The van der Waals surface area contributed by atoms with Gasteiger partial charge in [-0.15, -0.1) is 11.3 Å². The Balaban J connectivity index is 1.22. The van der Waals surface area contributed by atoms with Gasteiger partial charge in [-0.1, -0.05) is 18.2 Å². The van der Waals surface area contributed by atoms with Crippen molar-refractivity contribution < 1.29 is 17.9 Å². The zero-order valence-electron chi connectivity index (χ0n) is 21.6. The van der Waals surface area contributed by atoms with Crippen LogP contribution in [0.25, 0.3) is 10.2 Å². The molecule has 5 rings (SSSR count). The number of nitrogens with one attached hydrogen (secondary N) is 2. The zero-order valence-corrected chi connectivity index (χ0v) is 22.4. The van der Waals surface area contributed by atoms with Crippen LogP contribution in [-0.2, 0) is 12.7 Å². The van der Waals surface area contributed by atoms with E-state index in [1.165, 1.54) is 23.5 Å². The Morgan fingerprint density at radius 3 is 2.44 bits per heavy atom. The number of aryl methyl sites for hydroxylation is 2. The second-order valence-corrected chi connectivity index (χ2v) is 10.8. The standard InChI is InChI=1S/C29H28F3N5OS/c1-17-12-20(15-33)13-18(2)25(17)38-27-26-24(10-11-39-26)36-28(37-27)35-23-8-6-22(7-9-23)34-16-19-4-3-5-21(14-19)29(30,31)32/h3-5,10-14,22-23,34H,6-9,16H2,1-2H3,(H,35,36,37). The zero-order chi connectivity index (χ0) is 27.6. The van der Waals surface area contributed by atoms with Gasteiger partial charge in [0, 0.05) is 18.6 Å². The van der Waals surface area contributed by atoms with Crippen molar-refractivity contribution in [1.82, 2.24) is 15.3 Å². The number of halogens is 3. The third kappa shape index (κ3) is 6.32. The second-order valence-electron chi connectivity index (χ2n) is 9.91. The van der Waals surface area contributed by atoms with Gasteiger partial charge in [-0.3, -0.25) is 0 Å². The number of ether oxygens (including phenoxy) is 1. The molecule has 1 saturated carbocycles. The molecule has 0 bridgehead atoms. The van der Waals surface area contributed by atoms with Gasteiger partial charge in [0.2, 0.25) is 11.8 Å². The van der Waals surface area contributed by atoms with Crippen LogP contribution < -0.4 is 15.4 Å². The second kappa shape index (κ2) is 11.2. The molecular weight excluding hydrogens is 523 g/mol. The molecule has 0 amide bonds. The van der Waals surface area contributed by atoms with Crippen molar-refractivity contribution in [2.24, 2.45) is 0 Å².